The Kier molecular flexibility index (Phi) is 4.77. The normalized spacial score (nSPS) is 15.3. The molecule has 0 bridgehead atoms. The summed E-state index contributed by atoms with van der Waals surface area (Å²) >= 11 is 3.24. The van der Waals surface area contributed by atoms with Gasteiger partial charge in [0.25, 0.3) is 0 Å². The lowest BCUT2D eigenvalue weighted by Gasteiger charge is -2.32. The number of terminal acetylenes is 1. The average Bonchev–Trinajstić information content (AvgIpc) is 2.58. The Morgan fingerprint density at radius 3 is 2.61 bits per heavy atom. The molecule has 1 aromatic heterocycles. The van der Waals surface area contributed by atoms with Gasteiger partial charge in [-0.05, 0) is 36.3 Å². The Morgan fingerprint density at radius 2 is 2.00 bits per heavy atom. The van der Waals surface area contributed by atoms with Crippen LogP contribution in [0, 0.1) is 18.2 Å². The zero-order chi connectivity index (χ0) is 16.2. The van der Waals surface area contributed by atoms with Gasteiger partial charge >= 0.3 is 0 Å². The van der Waals surface area contributed by atoms with Crippen molar-refractivity contribution in [1.29, 1.82) is 0 Å². The predicted molar refractivity (Wildman–Crippen MR) is 89.9 cm³/mol. The topological polar surface area (TPSA) is 38.2 Å². The van der Waals surface area contributed by atoms with Crippen LogP contribution in [-0.2, 0) is 0 Å². The summed E-state index contributed by atoms with van der Waals surface area (Å²) in [6.07, 6.45) is 6.87. The van der Waals surface area contributed by atoms with Crippen LogP contribution < -0.4 is 9.64 Å². The Hall–Kier alpha value is -2.13. The maximum absolute atomic E-state index is 13.8. The third-order valence-electron chi connectivity index (χ3n) is 3.75. The van der Waals surface area contributed by atoms with E-state index in [-0.39, 0.29) is 11.9 Å². The van der Waals surface area contributed by atoms with Gasteiger partial charge in [-0.1, -0.05) is 15.9 Å². The van der Waals surface area contributed by atoms with Crippen molar-refractivity contribution in [2.24, 2.45) is 0 Å². The van der Waals surface area contributed by atoms with Crippen molar-refractivity contribution in [3.05, 3.63) is 46.3 Å². The minimum Gasteiger partial charge on any atom is -0.487 e. The molecule has 0 atom stereocenters. The number of hydrogen-bond acceptors (Lipinski definition) is 4. The fourth-order valence-electron chi connectivity index (χ4n) is 2.52. The van der Waals surface area contributed by atoms with E-state index in [2.05, 4.69) is 36.9 Å². The zero-order valence-electron chi connectivity index (χ0n) is 12.4. The molecule has 23 heavy (non-hydrogen) atoms. The molecule has 118 valence electrons. The maximum Gasteiger partial charge on any atom is 0.166 e. The number of benzene rings is 1. The van der Waals surface area contributed by atoms with E-state index in [1.54, 1.807) is 18.2 Å². The van der Waals surface area contributed by atoms with Crippen LogP contribution in [-0.4, -0.2) is 29.4 Å². The Bertz CT molecular complexity index is 722. The minimum absolute atomic E-state index is 0.000124. The number of rotatable bonds is 3. The molecule has 0 saturated carbocycles. The lowest BCUT2D eigenvalue weighted by atomic mass is 10.1. The summed E-state index contributed by atoms with van der Waals surface area (Å²) in [5.41, 5.74) is 0.526. The number of anilines is 1. The van der Waals surface area contributed by atoms with E-state index in [0.717, 1.165) is 31.7 Å². The van der Waals surface area contributed by atoms with Crippen LogP contribution in [0.1, 0.15) is 18.5 Å². The molecule has 1 saturated heterocycles. The van der Waals surface area contributed by atoms with E-state index in [9.17, 15) is 4.39 Å². The Balaban J connectivity index is 1.58. The molecular formula is C17H15BrFN3O. The highest BCUT2D eigenvalue weighted by atomic mass is 79.9. The van der Waals surface area contributed by atoms with E-state index in [1.165, 1.54) is 6.07 Å². The molecular weight excluding hydrogens is 361 g/mol. The van der Waals surface area contributed by atoms with Gasteiger partial charge in [-0.2, -0.15) is 0 Å². The number of piperidine rings is 1. The van der Waals surface area contributed by atoms with Crippen molar-refractivity contribution < 1.29 is 9.13 Å². The summed E-state index contributed by atoms with van der Waals surface area (Å²) in [6, 6.07) is 8.49. The number of aromatic nitrogens is 2. The summed E-state index contributed by atoms with van der Waals surface area (Å²) < 4.78 is 20.3. The van der Waals surface area contributed by atoms with Crippen LogP contribution in [0.5, 0.6) is 5.75 Å². The number of hydrogen-bond donors (Lipinski definition) is 0. The fraction of sp³-hybridized carbons (Fsp3) is 0.294. The molecule has 0 radical (unpaired) electrons. The van der Waals surface area contributed by atoms with Crippen molar-refractivity contribution in [2.45, 2.75) is 18.9 Å². The molecule has 0 amide bonds. The second-order valence-corrected chi connectivity index (χ2v) is 6.22. The van der Waals surface area contributed by atoms with E-state index < -0.39 is 0 Å². The summed E-state index contributed by atoms with van der Waals surface area (Å²) in [6.45, 7) is 1.57. The lowest BCUT2D eigenvalue weighted by Crippen LogP contribution is -2.38. The Morgan fingerprint density at radius 1 is 1.22 bits per heavy atom. The second-order valence-electron chi connectivity index (χ2n) is 5.30. The van der Waals surface area contributed by atoms with E-state index in [4.69, 9.17) is 11.2 Å². The van der Waals surface area contributed by atoms with Gasteiger partial charge in [0.15, 0.2) is 17.4 Å². The third kappa shape index (κ3) is 3.80. The average molecular weight is 376 g/mol. The highest BCUT2D eigenvalue weighted by Gasteiger charge is 2.22. The van der Waals surface area contributed by atoms with Gasteiger partial charge in [-0.15, -0.1) is 16.6 Å². The largest absolute Gasteiger partial charge is 0.487 e. The van der Waals surface area contributed by atoms with Crippen LogP contribution in [0.25, 0.3) is 0 Å². The van der Waals surface area contributed by atoms with Crippen molar-refractivity contribution in [3.8, 4) is 18.1 Å². The molecule has 2 aromatic rings. The fourth-order valence-corrected chi connectivity index (χ4v) is 2.86. The van der Waals surface area contributed by atoms with Crippen molar-refractivity contribution in [2.75, 3.05) is 18.0 Å². The van der Waals surface area contributed by atoms with E-state index in [1.807, 2.05) is 6.07 Å². The second kappa shape index (κ2) is 6.97. The molecule has 6 heteroatoms. The number of nitrogens with zero attached hydrogens (tertiary/aromatic N) is 3. The maximum atomic E-state index is 13.8. The zero-order valence-corrected chi connectivity index (χ0v) is 14.0. The standard InChI is InChI=1S/C17H15BrFN3O/c1-2-13-4-6-17(21-20-13)22-9-7-14(8-10-22)23-16-5-3-12(18)11-15(16)19/h1,3-6,11,14H,7-10H2. The summed E-state index contributed by atoms with van der Waals surface area (Å²) in [5, 5.41) is 8.10. The van der Waals surface area contributed by atoms with Crippen LogP contribution in [0.15, 0.2) is 34.8 Å². The monoisotopic (exact) mass is 375 g/mol. The summed E-state index contributed by atoms with van der Waals surface area (Å²) in [5.74, 6) is 3.20. The van der Waals surface area contributed by atoms with Crippen molar-refractivity contribution >= 4 is 21.7 Å². The van der Waals surface area contributed by atoms with Crippen LogP contribution in [0.2, 0.25) is 0 Å². The molecule has 0 aliphatic carbocycles. The SMILES string of the molecule is C#Cc1ccc(N2CCC(Oc3ccc(Br)cc3F)CC2)nn1. The van der Waals surface area contributed by atoms with E-state index >= 15 is 0 Å². The predicted octanol–water partition coefficient (Wildman–Crippen LogP) is 3.41. The third-order valence-corrected chi connectivity index (χ3v) is 4.25. The first kappa shape index (κ1) is 15.8. The van der Waals surface area contributed by atoms with Crippen LogP contribution in [0.4, 0.5) is 10.2 Å². The highest BCUT2D eigenvalue weighted by Crippen LogP contribution is 2.26. The molecule has 0 unspecified atom stereocenters. The first-order chi connectivity index (χ1) is 11.2. The van der Waals surface area contributed by atoms with Crippen LogP contribution in [0.3, 0.4) is 0 Å². The molecule has 1 aliphatic rings. The molecule has 1 fully saturated rings. The first-order valence-corrected chi connectivity index (χ1v) is 8.12. The van der Waals surface area contributed by atoms with Gasteiger partial charge in [0.05, 0.1) is 0 Å². The van der Waals surface area contributed by atoms with Crippen molar-refractivity contribution in [1.82, 2.24) is 10.2 Å². The molecule has 3 rings (SSSR count). The minimum atomic E-state index is -0.349. The molecule has 0 spiro atoms. The van der Waals surface area contributed by atoms with Crippen LogP contribution >= 0.6 is 15.9 Å². The van der Waals surface area contributed by atoms with Gasteiger partial charge in [0, 0.05) is 30.4 Å². The van der Waals surface area contributed by atoms with Crippen molar-refractivity contribution in [3.63, 3.8) is 0 Å². The van der Waals surface area contributed by atoms with Gasteiger partial charge in [0.1, 0.15) is 11.8 Å². The smallest absolute Gasteiger partial charge is 0.166 e. The van der Waals surface area contributed by atoms with Gasteiger partial charge in [-0.3, -0.25) is 0 Å². The molecule has 1 aliphatic heterocycles. The van der Waals surface area contributed by atoms with Gasteiger partial charge in [-0.25, -0.2) is 4.39 Å². The summed E-state index contributed by atoms with van der Waals surface area (Å²) in [4.78, 5) is 2.13. The summed E-state index contributed by atoms with van der Waals surface area (Å²) in [7, 11) is 0. The quantitative estimate of drug-likeness (QED) is 0.770. The molecule has 1 aromatic carbocycles. The number of halogens is 2. The molecule has 0 N–H and O–H groups in total. The molecule has 4 nitrogen and oxygen atoms in total. The highest BCUT2D eigenvalue weighted by molar-refractivity contribution is 9.10. The molecule has 2 heterocycles. The van der Waals surface area contributed by atoms with Gasteiger partial charge < -0.3 is 9.64 Å². The van der Waals surface area contributed by atoms with E-state index in [0.29, 0.717) is 15.9 Å². The lowest BCUT2D eigenvalue weighted by molar-refractivity contribution is 0.163. The Labute approximate surface area is 142 Å². The first-order valence-electron chi connectivity index (χ1n) is 7.32. The number of ether oxygens (including phenoxy) is 1. The van der Waals surface area contributed by atoms with Gasteiger partial charge in [0.2, 0.25) is 0 Å².